The number of fused-ring (bicyclic) bond motifs is 3. The molecule has 0 aliphatic rings. The molecule has 1 aromatic heterocycles. The van der Waals surface area contributed by atoms with Gasteiger partial charge in [0.2, 0.25) is 5.91 Å². The number of ether oxygens (including phenoxy) is 1. The van der Waals surface area contributed by atoms with Gasteiger partial charge in [0.05, 0.1) is 23.0 Å². The number of anilines is 1. The van der Waals surface area contributed by atoms with Gasteiger partial charge in [0.1, 0.15) is 6.61 Å². The van der Waals surface area contributed by atoms with Crippen LogP contribution >= 0.6 is 0 Å². The number of nitrogens with zero attached hydrogens (tertiary/aromatic N) is 1. The van der Waals surface area contributed by atoms with Crippen LogP contribution in [-0.4, -0.2) is 23.1 Å². The number of carbonyl (C=O) groups is 2. The normalized spacial score (nSPS) is 11.0. The molecule has 0 radical (unpaired) electrons. The van der Waals surface area contributed by atoms with E-state index in [0.29, 0.717) is 11.3 Å². The van der Waals surface area contributed by atoms with Crippen LogP contribution in [-0.2, 0) is 4.74 Å². The molecule has 0 aliphatic carbocycles. The van der Waals surface area contributed by atoms with Gasteiger partial charge in [-0.25, -0.2) is 4.79 Å². The van der Waals surface area contributed by atoms with Crippen LogP contribution in [0.2, 0.25) is 0 Å². The third-order valence-corrected chi connectivity index (χ3v) is 4.52. The van der Waals surface area contributed by atoms with Crippen LogP contribution in [0.25, 0.3) is 21.8 Å². The zero-order valence-electron chi connectivity index (χ0n) is 14.6. The van der Waals surface area contributed by atoms with Crippen molar-refractivity contribution in [2.75, 3.05) is 12.3 Å². The van der Waals surface area contributed by atoms with Crippen molar-refractivity contribution in [2.24, 2.45) is 0 Å². The van der Waals surface area contributed by atoms with Gasteiger partial charge in [-0.15, -0.1) is 0 Å². The molecule has 0 amide bonds. The molecule has 0 spiro atoms. The van der Waals surface area contributed by atoms with E-state index in [9.17, 15) is 9.59 Å². The minimum atomic E-state index is -0.468. The van der Waals surface area contributed by atoms with Crippen molar-refractivity contribution in [3.05, 3.63) is 78.4 Å². The summed E-state index contributed by atoms with van der Waals surface area (Å²) in [5.74, 6) is -0.581. The smallest absolute Gasteiger partial charge is 0.338 e. The summed E-state index contributed by atoms with van der Waals surface area (Å²) in [6, 6.07) is 22.1. The highest BCUT2D eigenvalue weighted by atomic mass is 16.5. The van der Waals surface area contributed by atoms with Gasteiger partial charge in [-0.2, -0.15) is 0 Å². The zero-order chi connectivity index (χ0) is 18.8. The maximum atomic E-state index is 12.9. The first-order valence-corrected chi connectivity index (χ1v) is 8.69. The van der Waals surface area contributed by atoms with E-state index in [0.717, 1.165) is 21.8 Å². The number of esters is 1. The molecule has 27 heavy (non-hydrogen) atoms. The van der Waals surface area contributed by atoms with Gasteiger partial charge in [0, 0.05) is 16.5 Å². The fourth-order valence-corrected chi connectivity index (χ4v) is 3.24. The molecule has 0 aliphatic heterocycles. The predicted octanol–water partition coefficient (Wildman–Crippen LogP) is 4.26. The molecule has 4 aromatic rings. The van der Waals surface area contributed by atoms with Crippen molar-refractivity contribution in [3.8, 4) is 0 Å². The van der Waals surface area contributed by atoms with Gasteiger partial charge >= 0.3 is 5.97 Å². The highest BCUT2D eigenvalue weighted by Crippen LogP contribution is 2.28. The summed E-state index contributed by atoms with van der Waals surface area (Å²) in [5.41, 5.74) is 8.31. The molecule has 0 saturated heterocycles. The second-order valence-corrected chi connectivity index (χ2v) is 6.27. The topological polar surface area (TPSA) is 74.3 Å². The number of carbonyl (C=O) groups excluding carboxylic acids is 2. The van der Waals surface area contributed by atoms with Crippen LogP contribution < -0.4 is 5.73 Å². The van der Waals surface area contributed by atoms with Gasteiger partial charge in [0.25, 0.3) is 0 Å². The van der Waals surface area contributed by atoms with Crippen molar-refractivity contribution in [1.82, 2.24) is 4.57 Å². The van der Waals surface area contributed by atoms with E-state index in [1.165, 1.54) is 0 Å². The summed E-state index contributed by atoms with van der Waals surface area (Å²) >= 11 is 0. The number of para-hydroxylation sites is 2. The Bertz CT molecular complexity index is 1090. The zero-order valence-corrected chi connectivity index (χ0v) is 14.6. The van der Waals surface area contributed by atoms with Crippen molar-refractivity contribution in [3.63, 3.8) is 0 Å². The minimum absolute atomic E-state index is 0.0167. The number of rotatable bonds is 4. The van der Waals surface area contributed by atoms with E-state index >= 15 is 0 Å². The molecule has 0 atom stereocenters. The summed E-state index contributed by atoms with van der Waals surface area (Å²) in [4.78, 5) is 24.9. The first-order valence-electron chi connectivity index (χ1n) is 8.69. The Morgan fingerprint density at radius 1 is 0.815 bits per heavy atom. The summed E-state index contributed by atoms with van der Waals surface area (Å²) in [5, 5.41) is 2.06. The molecule has 5 heteroatoms. The standard InChI is InChI=1S/C22H18N2O3/c23-16-11-9-15(10-12-16)22(26)27-14-13-21(25)24-19-7-3-1-5-17(19)18-6-2-4-8-20(18)24/h1-12H,13-14,23H2. The number of benzene rings is 3. The van der Waals surface area contributed by atoms with Crippen LogP contribution in [0.5, 0.6) is 0 Å². The van der Waals surface area contributed by atoms with E-state index in [2.05, 4.69) is 0 Å². The van der Waals surface area contributed by atoms with Crippen LogP contribution in [0, 0.1) is 0 Å². The second kappa shape index (κ2) is 6.96. The van der Waals surface area contributed by atoms with Gasteiger partial charge in [-0.1, -0.05) is 36.4 Å². The van der Waals surface area contributed by atoms with Crippen molar-refractivity contribution >= 4 is 39.4 Å². The molecule has 3 aromatic carbocycles. The average molecular weight is 358 g/mol. The summed E-state index contributed by atoms with van der Waals surface area (Å²) in [7, 11) is 0. The number of aromatic nitrogens is 1. The van der Waals surface area contributed by atoms with Crippen molar-refractivity contribution < 1.29 is 14.3 Å². The Balaban J connectivity index is 1.53. The quantitative estimate of drug-likeness (QED) is 0.437. The number of nitrogen functional groups attached to an aromatic ring is 1. The number of hydrogen-bond donors (Lipinski definition) is 1. The molecule has 1 heterocycles. The maximum absolute atomic E-state index is 12.9. The van der Waals surface area contributed by atoms with Crippen LogP contribution in [0.15, 0.2) is 72.8 Å². The Labute approximate surface area is 156 Å². The third kappa shape index (κ3) is 3.15. The highest BCUT2D eigenvalue weighted by molar-refractivity contribution is 6.13. The van der Waals surface area contributed by atoms with Gasteiger partial charge in [-0.05, 0) is 36.4 Å². The molecule has 134 valence electrons. The second-order valence-electron chi connectivity index (χ2n) is 6.27. The lowest BCUT2D eigenvalue weighted by Gasteiger charge is -2.07. The first kappa shape index (κ1) is 16.8. The predicted molar refractivity (Wildman–Crippen MR) is 106 cm³/mol. The fourth-order valence-electron chi connectivity index (χ4n) is 3.24. The molecular formula is C22H18N2O3. The molecular weight excluding hydrogens is 340 g/mol. The Kier molecular flexibility index (Phi) is 4.34. The highest BCUT2D eigenvalue weighted by Gasteiger charge is 2.16. The molecule has 0 unspecified atom stereocenters. The number of hydrogen-bond acceptors (Lipinski definition) is 4. The molecule has 4 rings (SSSR count). The summed E-state index contributed by atoms with van der Waals surface area (Å²) in [6.07, 6.45) is 0.101. The van der Waals surface area contributed by atoms with Gasteiger partial charge in [-0.3, -0.25) is 9.36 Å². The summed E-state index contributed by atoms with van der Waals surface area (Å²) in [6.45, 7) is 0.0167. The van der Waals surface area contributed by atoms with Crippen LogP contribution in [0.1, 0.15) is 21.6 Å². The summed E-state index contributed by atoms with van der Waals surface area (Å²) < 4.78 is 6.94. The molecule has 0 fully saturated rings. The minimum Gasteiger partial charge on any atom is -0.462 e. The van der Waals surface area contributed by atoms with Gasteiger partial charge in [0.15, 0.2) is 0 Å². The van der Waals surface area contributed by atoms with Crippen molar-refractivity contribution in [2.45, 2.75) is 6.42 Å². The molecule has 0 bridgehead atoms. The lowest BCUT2D eigenvalue weighted by atomic mass is 10.2. The largest absolute Gasteiger partial charge is 0.462 e. The SMILES string of the molecule is Nc1ccc(C(=O)OCCC(=O)n2c3ccccc3c3ccccc32)cc1. The monoisotopic (exact) mass is 358 g/mol. The molecule has 5 nitrogen and oxygen atoms in total. The Morgan fingerprint density at radius 3 is 1.96 bits per heavy atom. The average Bonchev–Trinajstić information content (AvgIpc) is 3.03. The van der Waals surface area contributed by atoms with E-state index < -0.39 is 5.97 Å². The van der Waals surface area contributed by atoms with Crippen LogP contribution in [0.3, 0.4) is 0 Å². The van der Waals surface area contributed by atoms with Crippen LogP contribution in [0.4, 0.5) is 5.69 Å². The fraction of sp³-hybridized carbons (Fsp3) is 0.0909. The third-order valence-electron chi connectivity index (χ3n) is 4.52. The number of nitrogens with two attached hydrogens (primary N) is 1. The molecule has 0 saturated carbocycles. The lowest BCUT2D eigenvalue weighted by Crippen LogP contribution is -2.15. The van der Waals surface area contributed by atoms with Crippen molar-refractivity contribution in [1.29, 1.82) is 0 Å². The van der Waals surface area contributed by atoms with E-state index in [-0.39, 0.29) is 18.9 Å². The maximum Gasteiger partial charge on any atom is 0.338 e. The first-order chi connectivity index (χ1) is 13.1. The molecule has 2 N–H and O–H groups in total. The van der Waals surface area contributed by atoms with E-state index in [4.69, 9.17) is 10.5 Å². The lowest BCUT2D eigenvalue weighted by molar-refractivity contribution is 0.0490. The van der Waals surface area contributed by atoms with Gasteiger partial charge < -0.3 is 10.5 Å². The Hall–Kier alpha value is -3.60. The van der Waals surface area contributed by atoms with E-state index in [1.54, 1.807) is 28.8 Å². The van der Waals surface area contributed by atoms with E-state index in [1.807, 2.05) is 48.5 Å². The Morgan fingerprint density at radius 2 is 1.37 bits per heavy atom.